The number of benzene rings is 1. The lowest BCUT2D eigenvalue weighted by Gasteiger charge is -2.31. The summed E-state index contributed by atoms with van der Waals surface area (Å²) in [5.74, 6) is -0.647. The Morgan fingerprint density at radius 2 is 2.07 bits per heavy atom. The average molecular weight is 378 g/mol. The number of nitro benzene ring substituents is 1. The van der Waals surface area contributed by atoms with E-state index in [0.29, 0.717) is 19.6 Å². The predicted octanol–water partition coefficient (Wildman–Crippen LogP) is 2.49. The molecule has 1 saturated heterocycles. The number of aryl methyl sites for hydroxylation is 1. The summed E-state index contributed by atoms with van der Waals surface area (Å²) in [4.78, 5) is 35.6. The van der Waals surface area contributed by atoms with Crippen LogP contribution in [-0.2, 0) is 25.5 Å². The van der Waals surface area contributed by atoms with Gasteiger partial charge in [0.05, 0.1) is 24.6 Å². The lowest BCUT2D eigenvalue weighted by atomic mass is 10.0. The zero-order chi connectivity index (χ0) is 19.6. The molecule has 1 heterocycles. The van der Waals surface area contributed by atoms with Crippen LogP contribution >= 0.6 is 0 Å². The molecule has 1 aliphatic rings. The molecular formula is C19H26N2O6. The fourth-order valence-electron chi connectivity index (χ4n) is 2.94. The van der Waals surface area contributed by atoms with E-state index in [1.807, 2.05) is 6.92 Å². The summed E-state index contributed by atoms with van der Waals surface area (Å²) in [6, 6.07) is 6.46. The molecule has 0 N–H and O–H groups in total. The van der Waals surface area contributed by atoms with Crippen LogP contribution in [0.2, 0.25) is 0 Å². The lowest BCUT2D eigenvalue weighted by Crippen LogP contribution is -2.47. The Labute approximate surface area is 158 Å². The molecule has 1 aromatic carbocycles. The van der Waals surface area contributed by atoms with Gasteiger partial charge < -0.3 is 9.47 Å². The van der Waals surface area contributed by atoms with Crippen molar-refractivity contribution in [3.63, 3.8) is 0 Å². The molecule has 1 atom stereocenters. The van der Waals surface area contributed by atoms with E-state index in [4.69, 9.17) is 9.47 Å². The minimum Gasteiger partial charge on any atom is -0.465 e. The molecular weight excluding hydrogens is 352 g/mol. The molecule has 0 bridgehead atoms. The van der Waals surface area contributed by atoms with E-state index in [2.05, 4.69) is 0 Å². The molecule has 0 spiro atoms. The molecule has 148 valence electrons. The zero-order valence-electron chi connectivity index (χ0n) is 15.6. The number of nitrogens with zero attached hydrogens (tertiary/aromatic N) is 2. The number of non-ortho nitro benzene ring substituents is 1. The molecule has 0 radical (unpaired) electrons. The molecule has 0 saturated carbocycles. The van der Waals surface area contributed by atoms with E-state index in [9.17, 15) is 19.7 Å². The topological polar surface area (TPSA) is 99.0 Å². The van der Waals surface area contributed by atoms with Gasteiger partial charge in [-0.25, -0.2) is 0 Å². The second kappa shape index (κ2) is 10.6. The fourth-order valence-corrected chi connectivity index (χ4v) is 2.94. The quantitative estimate of drug-likeness (QED) is 0.267. The summed E-state index contributed by atoms with van der Waals surface area (Å²) in [7, 11) is 0. The van der Waals surface area contributed by atoms with E-state index in [1.165, 1.54) is 12.1 Å². The summed E-state index contributed by atoms with van der Waals surface area (Å²) in [5.41, 5.74) is 1.07. The first kappa shape index (κ1) is 20.8. The number of rotatable bonds is 10. The summed E-state index contributed by atoms with van der Waals surface area (Å²) in [6.07, 6.45) is 3.73. The molecule has 0 aliphatic carbocycles. The Hall–Kier alpha value is -2.48. The van der Waals surface area contributed by atoms with Crippen molar-refractivity contribution in [3.05, 3.63) is 39.9 Å². The van der Waals surface area contributed by atoms with Crippen molar-refractivity contribution < 1.29 is 24.0 Å². The van der Waals surface area contributed by atoms with Crippen LogP contribution in [-0.4, -0.2) is 54.1 Å². The van der Waals surface area contributed by atoms with Gasteiger partial charge in [-0.05, 0) is 31.2 Å². The summed E-state index contributed by atoms with van der Waals surface area (Å²) >= 11 is 0. The molecule has 8 heteroatoms. The first-order chi connectivity index (χ1) is 13.0. The van der Waals surface area contributed by atoms with Crippen LogP contribution in [0.15, 0.2) is 24.3 Å². The highest BCUT2D eigenvalue weighted by Gasteiger charge is 2.27. The van der Waals surface area contributed by atoms with Crippen LogP contribution in [0.1, 0.15) is 38.2 Å². The molecule has 1 fully saturated rings. The number of carbonyl (C=O) groups is 2. The van der Waals surface area contributed by atoms with E-state index >= 15 is 0 Å². The second-order valence-corrected chi connectivity index (χ2v) is 6.67. The van der Waals surface area contributed by atoms with Gasteiger partial charge in [-0.1, -0.05) is 25.5 Å². The number of morpholine rings is 1. The van der Waals surface area contributed by atoms with E-state index in [-0.39, 0.29) is 36.8 Å². The molecule has 8 nitrogen and oxygen atoms in total. The first-order valence-electron chi connectivity index (χ1n) is 9.28. The van der Waals surface area contributed by atoms with E-state index in [1.54, 1.807) is 17.0 Å². The van der Waals surface area contributed by atoms with Crippen molar-refractivity contribution in [2.45, 2.75) is 45.1 Å². The second-order valence-electron chi connectivity index (χ2n) is 6.67. The van der Waals surface area contributed by atoms with Crippen LogP contribution < -0.4 is 0 Å². The number of ether oxygens (including phenoxy) is 2. The summed E-state index contributed by atoms with van der Waals surface area (Å²) in [5, 5.41) is 10.7. The third-order valence-electron chi connectivity index (χ3n) is 4.37. The summed E-state index contributed by atoms with van der Waals surface area (Å²) < 4.78 is 10.5. The average Bonchev–Trinajstić information content (AvgIpc) is 2.62. The molecule has 1 unspecified atom stereocenters. The standard InChI is InChI=1S/C19H26N2O6/c1-2-3-11-26-18(22)13-20-12-17(27-19(23)14-20)6-4-5-15-7-9-16(10-8-15)21(24)25/h7-10,17H,2-6,11-14H2,1H3. The number of hydrogen-bond acceptors (Lipinski definition) is 7. The molecule has 0 aromatic heterocycles. The zero-order valence-corrected chi connectivity index (χ0v) is 15.6. The van der Waals surface area contributed by atoms with Crippen LogP contribution in [0.25, 0.3) is 0 Å². The number of nitro groups is 1. The highest BCUT2D eigenvalue weighted by Crippen LogP contribution is 2.16. The molecule has 1 aromatic rings. The predicted molar refractivity (Wildman–Crippen MR) is 98.2 cm³/mol. The van der Waals surface area contributed by atoms with Crippen molar-refractivity contribution in [2.24, 2.45) is 0 Å². The molecule has 2 rings (SSSR count). The largest absolute Gasteiger partial charge is 0.465 e. The van der Waals surface area contributed by atoms with Gasteiger partial charge in [0, 0.05) is 18.7 Å². The van der Waals surface area contributed by atoms with Crippen molar-refractivity contribution in [2.75, 3.05) is 26.2 Å². The molecule has 27 heavy (non-hydrogen) atoms. The van der Waals surface area contributed by atoms with Gasteiger partial charge in [-0.3, -0.25) is 24.6 Å². The van der Waals surface area contributed by atoms with Crippen LogP contribution in [0.4, 0.5) is 5.69 Å². The highest BCUT2D eigenvalue weighted by molar-refractivity contribution is 5.75. The van der Waals surface area contributed by atoms with Crippen molar-refractivity contribution >= 4 is 17.6 Å². The maximum absolute atomic E-state index is 11.8. The van der Waals surface area contributed by atoms with Gasteiger partial charge in [-0.15, -0.1) is 0 Å². The van der Waals surface area contributed by atoms with Crippen molar-refractivity contribution in [1.29, 1.82) is 0 Å². The Morgan fingerprint density at radius 3 is 2.74 bits per heavy atom. The third-order valence-corrected chi connectivity index (χ3v) is 4.37. The number of esters is 2. The van der Waals surface area contributed by atoms with Gasteiger partial charge in [0.15, 0.2) is 0 Å². The monoisotopic (exact) mass is 378 g/mol. The van der Waals surface area contributed by atoms with Crippen LogP contribution in [0.5, 0.6) is 0 Å². The van der Waals surface area contributed by atoms with Gasteiger partial charge in [0.2, 0.25) is 0 Å². The first-order valence-corrected chi connectivity index (χ1v) is 9.28. The fraction of sp³-hybridized carbons (Fsp3) is 0.579. The third kappa shape index (κ3) is 7.34. The molecule has 0 amide bonds. The Balaban J connectivity index is 1.74. The van der Waals surface area contributed by atoms with Crippen molar-refractivity contribution in [1.82, 2.24) is 4.90 Å². The lowest BCUT2D eigenvalue weighted by molar-refractivity contribution is -0.384. The smallest absolute Gasteiger partial charge is 0.320 e. The minimum absolute atomic E-state index is 0.0708. The van der Waals surface area contributed by atoms with Gasteiger partial charge in [0.1, 0.15) is 6.10 Å². The van der Waals surface area contributed by atoms with Gasteiger partial charge in [0.25, 0.3) is 5.69 Å². The number of hydrogen-bond donors (Lipinski definition) is 0. The van der Waals surface area contributed by atoms with Crippen LogP contribution in [0.3, 0.4) is 0 Å². The molecule has 1 aliphatic heterocycles. The van der Waals surface area contributed by atoms with Crippen molar-refractivity contribution in [3.8, 4) is 0 Å². The van der Waals surface area contributed by atoms with E-state index < -0.39 is 4.92 Å². The maximum Gasteiger partial charge on any atom is 0.320 e. The number of cyclic esters (lactones) is 1. The number of carbonyl (C=O) groups excluding carboxylic acids is 2. The SMILES string of the molecule is CCCCOC(=O)CN1CC(=O)OC(CCCc2ccc([N+](=O)[O-])cc2)C1. The van der Waals surface area contributed by atoms with Gasteiger partial charge in [-0.2, -0.15) is 0 Å². The van der Waals surface area contributed by atoms with E-state index in [0.717, 1.165) is 31.2 Å². The minimum atomic E-state index is -0.424. The highest BCUT2D eigenvalue weighted by atomic mass is 16.6. The number of unbranched alkanes of at least 4 members (excludes halogenated alkanes) is 1. The maximum atomic E-state index is 11.8. The Morgan fingerprint density at radius 1 is 1.33 bits per heavy atom. The summed E-state index contributed by atoms with van der Waals surface area (Å²) in [6.45, 7) is 3.14. The Kier molecular flexibility index (Phi) is 8.19. The Bertz CT molecular complexity index is 646. The normalized spacial score (nSPS) is 17.4. The van der Waals surface area contributed by atoms with Crippen LogP contribution in [0, 0.1) is 10.1 Å². The van der Waals surface area contributed by atoms with Gasteiger partial charge >= 0.3 is 11.9 Å².